The molecule has 0 spiro atoms. The molecule has 3 atom stereocenters. The third-order valence-corrected chi connectivity index (χ3v) is 11.7. The van der Waals surface area contributed by atoms with Crippen molar-refractivity contribution in [3.05, 3.63) is 12.2 Å². The number of aliphatic hydroxyl groups excluding tert-OH is 1. The molecule has 0 saturated heterocycles. The molecule has 0 amide bonds. The molecule has 0 aromatic carbocycles. The second-order valence-electron chi connectivity index (χ2n) is 17.0. The maximum atomic E-state index is 12.7. The SMILES string of the molecule is CCCCCCCCC(CCCCCC)COC(=O)/C=C/CCCC(CCCCCC(=O)OCC(CCCCCC)CCCCCCCC)N(C)CCCO. The number of aliphatic hydroxyl groups is 1. The Morgan fingerprint density at radius 1 is 0.527 bits per heavy atom. The molecule has 0 aromatic rings. The van der Waals surface area contributed by atoms with Gasteiger partial charge in [0, 0.05) is 31.7 Å². The summed E-state index contributed by atoms with van der Waals surface area (Å²) in [6.45, 7) is 11.3. The third kappa shape index (κ3) is 36.7. The highest BCUT2D eigenvalue weighted by molar-refractivity contribution is 5.81. The van der Waals surface area contributed by atoms with Gasteiger partial charge in [0.05, 0.1) is 13.2 Å². The molecule has 0 aliphatic carbocycles. The van der Waals surface area contributed by atoms with Gasteiger partial charge in [-0.05, 0) is 83.1 Å². The second-order valence-corrected chi connectivity index (χ2v) is 17.0. The molecule has 0 bridgehead atoms. The number of ether oxygens (including phenoxy) is 2. The number of allylic oxidation sites excluding steroid dienone is 1. The predicted molar refractivity (Wildman–Crippen MR) is 237 cm³/mol. The van der Waals surface area contributed by atoms with Crippen molar-refractivity contribution in [1.29, 1.82) is 0 Å². The van der Waals surface area contributed by atoms with E-state index in [-0.39, 0.29) is 18.5 Å². The minimum Gasteiger partial charge on any atom is -0.465 e. The molecular formula is C49H95NO5. The Balaban J connectivity index is 4.59. The van der Waals surface area contributed by atoms with Crippen LogP contribution in [0.3, 0.4) is 0 Å². The largest absolute Gasteiger partial charge is 0.465 e. The molecule has 0 heterocycles. The predicted octanol–water partition coefficient (Wildman–Crippen LogP) is 14.1. The topological polar surface area (TPSA) is 76.1 Å². The number of esters is 2. The summed E-state index contributed by atoms with van der Waals surface area (Å²) in [6, 6.07) is 0.435. The molecule has 6 heteroatoms. The highest BCUT2D eigenvalue weighted by Gasteiger charge is 2.16. The monoisotopic (exact) mass is 778 g/mol. The summed E-state index contributed by atoms with van der Waals surface area (Å²) < 4.78 is 11.6. The number of carbonyl (C=O) groups excluding carboxylic acids is 2. The van der Waals surface area contributed by atoms with Crippen LogP contribution in [0, 0.1) is 11.8 Å². The van der Waals surface area contributed by atoms with Crippen LogP contribution in [0.5, 0.6) is 0 Å². The van der Waals surface area contributed by atoms with Crippen LogP contribution in [-0.2, 0) is 19.1 Å². The number of nitrogens with zero attached hydrogens (tertiary/aromatic N) is 1. The summed E-state index contributed by atoms with van der Waals surface area (Å²) in [5.41, 5.74) is 0. The lowest BCUT2D eigenvalue weighted by Gasteiger charge is -2.28. The van der Waals surface area contributed by atoms with Crippen LogP contribution in [0.25, 0.3) is 0 Å². The number of hydrogen-bond donors (Lipinski definition) is 1. The fourth-order valence-electron chi connectivity index (χ4n) is 7.86. The average molecular weight is 778 g/mol. The third-order valence-electron chi connectivity index (χ3n) is 11.7. The minimum atomic E-state index is -0.197. The standard InChI is InChI=1S/C49H95NO5/c1-6-10-14-18-20-26-35-45(33-24-16-12-8-3)43-54-48(52)39-30-22-28-37-47(50(5)41-32-42-51)38-29-23-31-40-49(53)55-44-46(34-25-17-13-9-4)36-27-21-19-15-11-7-2/h30,39,45-47,51H,6-29,31-38,40-44H2,1-5H3/b39-30+. The highest BCUT2D eigenvalue weighted by atomic mass is 16.5. The molecule has 0 rings (SSSR count). The molecule has 0 saturated carbocycles. The lowest BCUT2D eigenvalue weighted by atomic mass is 9.95. The van der Waals surface area contributed by atoms with Crippen molar-refractivity contribution in [2.45, 2.75) is 246 Å². The van der Waals surface area contributed by atoms with Crippen LogP contribution >= 0.6 is 0 Å². The van der Waals surface area contributed by atoms with Crippen molar-refractivity contribution in [3.8, 4) is 0 Å². The first-order valence-corrected chi connectivity index (χ1v) is 24.2. The van der Waals surface area contributed by atoms with Gasteiger partial charge in [0.25, 0.3) is 0 Å². The maximum Gasteiger partial charge on any atom is 0.330 e. The molecule has 0 aliphatic heterocycles. The van der Waals surface area contributed by atoms with Crippen LogP contribution < -0.4 is 0 Å². The Hall–Kier alpha value is -1.40. The molecule has 3 unspecified atom stereocenters. The molecular weight excluding hydrogens is 683 g/mol. The Bertz CT molecular complexity index is 847. The first-order chi connectivity index (χ1) is 26.9. The van der Waals surface area contributed by atoms with Gasteiger partial charge in [-0.1, -0.05) is 175 Å². The van der Waals surface area contributed by atoms with E-state index in [1.54, 1.807) is 6.08 Å². The van der Waals surface area contributed by atoms with E-state index < -0.39 is 0 Å². The second kappa shape index (κ2) is 42.2. The number of rotatable bonds is 43. The minimum absolute atomic E-state index is 0.0243. The summed E-state index contributed by atoms with van der Waals surface area (Å²) in [7, 11) is 2.17. The van der Waals surface area contributed by atoms with Gasteiger partial charge in [-0.2, -0.15) is 0 Å². The van der Waals surface area contributed by atoms with Crippen LogP contribution in [0.2, 0.25) is 0 Å². The van der Waals surface area contributed by atoms with Gasteiger partial charge >= 0.3 is 11.9 Å². The normalized spacial score (nSPS) is 13.4. The Morgan fingerprint density at radius 3 is 1.45 bits per heavy atom. The summed E-state index contributed by atoms with van der Waals surface area (Å²) in [4.78, 5) is 27.7. The van der Waals surface area contributed by atoms with E-state index in [1.165, 1.54) is 154 Å². The van der Waals surface area contributed by atoms with E-state index in [4.69, 9.17) is 9.47 Å². The highest BCUT2D eigenvalue weighted by Crippen LogP contribution is 2.22. The quantitative estimate of drug-likeness (QED) is 0.0377. The smallest absolute Gasteiger partial charge is 0.330 e. The van der Waals surface area contributed by atoms with Crippen LogP contribution in [0.4, 0.5) is 0 Å². The lowest BCUT2D eigenvalue weighted by molar-refractivity contribution is -0.145. The molecule has 55 heavy (non-hydrogen) atoms. The number of hydrogen-bond acceptors (Lipinski definition) is 6. The maximum absolute atomic E-state index is 12.7. The van der Waals surface area contributed by atoms with Crippen LogP contribution in [-0.4, -0.2) is 61.4 Å². The van der Waals surface area contributed by atoms with E-state index in [1.807, 2.05) is 6.08 Å². The van der Waals surface area contributed by atoms with Gasteiger partial charge in [-0.25, -0.2) is 4.79 Å². The zero-order valence-corrected chi connectivity index (χ0v) is 37.6. The van der Waals surface area contributed by atoms with Gasteiger partial charge < -0.3 is 19.5 Å². The van der Waals surface area contributed by atoms with E-state index in [0.717, 1.165) is 57.9 Å². The molecule has 0 aromatic heterocycles. The van der Waals surface area contributed by atoms with Crippen molar-refractivity contribution >= 4 is 11.9 Å². The lowest BCUT2D eigenvalue weighted by Crippen LogP contribution is -2.33. The van der Waals surface area contributed by atoms with Crippen LogP contribution in [0.15, 0.2) is 12.2 Å². The van der Waals surface area contributed by atoms with Crippen molar-refractivity contribution in [2.24, 2.45) is 11.8 Å². The van der Waals surface area contributed by atoms with E-state index in [2.05, 4.69) is 39.6 Å². The average Bonchev–Trinajstić information content (AvgIpc) is 3.19. The van der Waals surface area contributed by atoms with Gasteiger partial charge in [0.2, 0.25) is 0 Å². The molecule has 1 N–H and O–H groups in total. The Morgan fingerprint density at radius 2 is 0.945 bits per heavy atom. The molecule has 0 aliphatic rings. The van der Waals surface area contributed by atoms with Gasteiger partial charge in [-0.15, -0.1) is 0 Å². The van der Waals surface area contributed by atoms with Crippen molar-refractivity contribution in [1.82, 2.24) is 4.90 Å². The fraction of sp³-hybridized carbons (Fsp3) is 0.918. The Labute approximate surface area is 343 Å². The zero-order valence-electron chi connectivity index (χ0n) is 37.6. The molecule has 326 valence electrons. The first kappa shape index (κ1) is 53.6. The first-order valence-electron chi connectivity index (χ1n) is 24.2. The van der Waals surface area contributed by atoms with E-state index >= 15 is 0 Å². The summed E-state index contributed by atoms with van der Waals surface area (Å²) in [5, 5.41) is 9.42. The molecule has 0 radical (unpaired) electrons. The van der Waals surface area contributed by atoms with E-state index in [0.29, 0.717) is 37.5 Å². The van der Waals surface area contributed by atoms with Gasteiger partial charge in [0.1, 0.15) is 0 Å². The van der Waals surface area contributed by atoms with Crippen molar-refractivity contribution < 1.29 is 24.2 Å². The summed E-state index contributed by atoms with van der Waals surface area (Å²) >= 11 is 0. The fourth-order valence-corrected chi connectivity index (χ4v) is 7.86. The summed E-state index contributed by atoms with van der Waals surface area (Å²) in [6.07, 6.45) is 42.5. The molecule has 0 fully saturated rings. The van der Waals surface area contributed by atoms with Gasteiger partial charge in [-0.3, -0.25) is 4.79 Å². The van der Waals surface area contributed by atoms with Crippen LogP contribution in [0.1, 0.15) is 240 Å². The Kier molecular flexibility index (Phi) is 41.1. The molecule has 6 nitrogen and oxygen atoms in total. The zero-order chi connectivity index (χ0) is 40.5. The van der Waals surface area contributed by atoms with Gasteiger partial charge in [0.15, 0.2) is 0 Å². The van der Waals surface area contributed by atoms with Crippen molar-refractivity contribution in [2.75, 3.05) is 33.4 Å². The van der Waals surface area contributed by atoms with Crippen molar-refractivity contribution in [3.63, 3.8) is 0 Å². The summed E-state index contributed by atoms with van der Waals surface area (Å²) in [5.74, 6) is 0.777. The number of unbranched alkanes of at least 4 members (excludes halogenated alkanes) is 19. The number of carbonyl (C=O) groups is 2. The van der Waals surface area contributed by atoms with E-state index in [9.17, 15) is 14.7 Å².